The van der Waals surface area contributed by atoms with Crippen molar-refractivity contribution in [2.24, 2.45) is 0 Å². The van der Waals surface area contributed by atoms with Crippen LogP contribution in [-0.4, -0.2) is 55.6 Å². The zero-order chi connectivity index (χ0) is 15.3. The maximum Gasteiger partial charge on any atom is 0.216 e. The molecule has 5 heteroatoms. The van der Waals surface area contributed by atoms with E-state index in [0.717, 1.165) is 19.6 Å². The minimum atomic E-state index is -3.10. The molecule has 1 aromatic rings. The van der Waals surface area contributed by atoms with Crippen LogP contribution >= 0.6 is 0 Å². The summed E-state index contributed by atoms with van der Waals surface area (Å²) in [6.07, 6.45) is 4.25. The molecule has 1 fully saturated rings. The van der Waals surface area contributed by atoms with Crippen LogP contribution in [0.2, 0.25) is 0 Å². The SMILES string of the molecule is CC(C)S(=O)(=O)N1CCN(CC=Cc2ccccc2)CC1. The van der Waals surface area contributed by atoms with Crippen LogP contribution in [0.3, 0.4) is 0 Å². The Balaban J connectivity index is 1.81. The lowest BCUT2D eigenvalue weighted by Crippen LogP contribution is -2.50. The summed E-state index contributed by atoms with van der Waals surface area (Å²) in [7, 11) is -3.10. The fourth-order valence-electron chi connectivity index (χ4n) is 2.37. The molecule has 116 valence electrons. The van der Waals surface area contributed by atoms with Gasteiger partial charge in [0, 0.05) is 32.7 Å². The van der Waals surface area contributed by atoms with Gasteiger partial charge in [-0.1, -0.05) is 42.5 Å². The average Bonchev–Trinajstić information content (AvgIpc) is 2.49. The summed E-state index contributed by atoms with van der Waals surface area (Å²) in [6.45, 7) is 7.13. The maximum atomic E-state index is 12.1. The molecule has 0 N–H and O–H groups in total. The Morgan fingerprint density at radius 2 is 1.71 bits per heavy atom. The Morgan fingerprint density at radius 3 is 2.29 bits per heavy atom. The summed E-state index contributed by atoms with van der Waals surface area (Å²) >= 11 is 0. The van der Waals surface area contributed by atoms with Crippen molar-refractivity contribution in [3.05, 3.63) is 42.0 Å². The molecule has 0 aliphatic carbocycles. The molecular weight excluding hydrogens is 284 g/mol. The minimum Gasteiger partial charge on any atom is -0.297 e. The number of piperazine rings is 1. The van der Waals surface area contributed by atoms with Gasteiger partial charge in [-0.25, -0.2) is 8.42 Å². The molecular formula is C16H24N2O2S. The van der Waals surface area contributed by atoms with E-state index in [-0.39, 0.29) is 5.25 Å². The van der Waals surface area contributed by atoms with Crippen LogP contribution in [0.4, 0.5) is 0 Å². The highest BCUT2D eigenvalue weighted by Gasteiger charge is 2.28. The summed E-state index contributed by atoms with van der Waals surface area (Å²) in [5, 5.41) is -0.331. The molecule has 0 amide bonds. The predicted octanol–water partition coefficient (Wildman–Crippen LogP) is 2.06. The first-order valence-electron chi connectivity index (χ1n) is 7.43. The van der Waals surface area contributed by atoms with E-state index in [1.807, 2.05) is 18.2 Å². The van der Waals surface area contributed by atoms with Crippen molar-refractivity contribution in [1.29, 1.82) is 0 Å². The lowest BCUT2D eigenvalue weighted by molar-refractivity contribution is 0.204. The number of sulfonamides is 1. The van der Waals surface area contributed by atoms with Crippen molar-refractivity contribution in [3.8, 4) is 0 Å². The van der Waals surface area contributed by atoms with Crippen LogP contribution in [0.15, 0.2) is 36.4 Å². The fourth-order valence-corrected chi connectivity index (χ4v) is 3.64. The molecule has 4 nitrogen and oxygen atoms in total. The molecule has 1 aliphatic rings. The van der Waals surface area contributed by atoms with E-state index in [1.165, 1.54) is 5.56 Å². The minimum absolute atomic E-state index is 0.331. The molecule has 2 rings (SSSR count). The van der Waals surface area contributed by atoms with E-state index in [0.29, 0.717) is 13.1 Å². The largest absolute Gasteiger partial charge is 0.297 e. The van der Waals surface area contributed by atoms with Gasteiger partial charge in [0.05, 0.1) is 5.25 Å². The van der Waals surface area contributed by atoms with Crippen molar-refractivity contribution in [2.75, 3.05) is 32.7 Å². The van der Waals surface area contributed by atoms with Crippen LogP contribution < -0.4 is 0 Å². The van der Waals surface area contributed by atoms with Gasteiger partial charge in [-0.05, 0) is 19.4 Å². The molecule has 0 spiro atoms. The molecule has 0 bridgehead atoms. The molecule has 0 radical (unpaired) electrons. The standard InChI is InChI=1S/C16H24N2O2S/c1-15(2)21(19,20)18-13-11-17(12-14-18)10-6-9-16-7-4-3-5-8-16/h3-9,15H,10-14H2,1-2H3. The summed E-state index contributed by atoms with van der Waals surface area (Å²) in [4.78, 5) is 2.28. The van der Waals surface area contributed by atoms with Gasteiger partial charge in [-0.2, -0.15) is 4.31 Å². The normalized spacial score (nSPS) is 18.6. The maximum absolute atomic E-state index is 12.1. The zero-order valence-corrected chi connectivity index (χ0v) is 13.6. The molecule has 0 aromatic heterocycles. The van der Waals surface area contributed by atoms with Gasteiger partial charge in [0.15, 0.2) is 0 Å². The van der Waals surface area contributed by atoms with E-state index >= 15 is 0 Å². The number of hydrogen-bond donors (Lipinski definition) is 0. The first kappa shape index (κ1) is 16.2. The van der Waals surface area contributed by atoms with Crippen molar-refractivity contribution in [3.63, 3.8) is 0 Å². The summed E-state index contributed by atoms with van der Waals surface area (Å²) in [5.41, 5.74) is 1.19. The third kappa shape index (κ3) is 4.40. The molecule has 0 atom stereocenters. The van der Waals surface area contributed by atoms with E-state index in [1.54, 1.807) is 18.2 Å². The Bertz CT molecular complexity index is 559. The Hall–Kier alpha value is -1.17. The number of rotatable bonds is 5. The molecule has 1 saturated heterocycles. The van der Waals surface area contributed by atoms with Crippen molar-refractivity contribution >= 4 is 16.1 Å². The van der Waals surface area contributed by atoms with Gasteiger partial charge in [-0.3, -0.25) is 4.90 Å². The van der Waals surface area contributed by atoms with E-state index in [4.69, 9.17) is 0 Å². The summed E-state index contributed by atoms with van der Waals surface area (Å²) in [5.74, 6) is 0. The highest BCUT2D eigenvalue weighted by Crippen LogP contribution is 2.12. The van der Waals surface area contributed by atoms with Crippen LogP contribution in [-0.2, 0) is 10.0 Å². The quantitative estimate of drug-likeness (QED) is 0.836. The van der Waals surface area contributed by atoms with E-state index < -0.39 is 10.0 Å². The monoisotopic (exact) mass is 308 g/mol. The molecule has 0 saturated carbocycles. The molecule has 1 heterocycles. The summed E-state index contributed by atoms with van der Waals surface area (Å²) < 4.78 is 25.8. The topological polar surface area (TPSA) is 40.6 Å². The van der Waals surface area contributed by atoms with Gasteiger partial charge < -0.3 is 0 Å². The number of nitrogens with zero attached hydrogens (tertiary/aromatic N) is 2. The second-order valence-corrected chi connectivity index (χ2v) is 8.10. The van der Waals surface area contributed by atoms with Crippen molar-refractivity contribution in [2.45, 2.75) is 19.1 Å². The molecule has 0 unspecified atom stereocenters. The van der Waals surface area contributed by atoms with Crippen LogP contribution in [0.1, 0.15) is 19.4 Å². The van der Waals surface area contributed by atoms with Crippen molar-refractivity contribution < 1.29 is 8.42 Å². The third-order valence-corrected chi connectivity index (χ3v) is 6.04. The van der Waals surface area contributed by atoms with E-state index in [9.17, 15) is 8.42 Å². The van der Waals surface area contributed by atoms with Crippen LogP contribution in [0, 0.1) is 0 Å². The first-order valence-corrected chi connectivity index (χ1v) is 8.93. The Morgan fingerprint density at radius 1 is 1.10 bits per heavy atom. The highest BCUT2D eigenvalue weighted by atomic mass is 32.2. The smallest absolute Gasteiger partial charge is 0.216 e. The second kappa shape index (κ2) is 7.20. The second-order valence-electron chi connectivity index (χ2n) is 5.61. The van der Waals surface area contributed by atoms with Gasteiger partial charge in [0.1, 0.15) is 0 Å². The fraction of sp³-hybridized carbons (Fsp3) is 0.500. The lowest BCUT2D eigenvalue weighted by Gasteiger charge is -2.34. The Kier molecular flexibility index (Phi) is 5.56. The van der Waals surface area contributed by atoms with Gasteiger partial charge in [0.25, 0.3) is 0 Å². The van der Waals surface area contributed by atoms with Crippen molar-refractivity contribution in [1.82, 2.24) is 9.21 Å². The molecule has 21 heavy (non-hydrogen) atoms. The molecule has 1 aliphatic heterocycles. The Labute approximate surface area is 128 Å². The first-order chi connectivity index (χ1) is 10.00. The lowest BCUT2D eigenvalue weighted by atomic mass is 10.2. The number of hydrogen-bond acceptors (Lipinski definition) is 3. The molecule has 1 aromatic carbocycles. The average molecular weight is 308 g/mol. The van der Waals surface area contributed by atoms with Gasteiger partial charge in [0.2, 0.25) is 10.0 Å². The third-order valence-electron chi connectivity index (χ3n) is 3.76. The predicted molar refractivity (Wildman–Crippen MR) is 87.5 cm³/mol. The zero-order valence-electron chi connectivity index (χ0n) is 12.8. The van der Waals surface area contributed by atoms with Gasteiger partial charge >= 0.3 is 0 Å². The number of benzene rings is 1. The van der Waals surface area contributed by atoms with Gasteiger partial charge in [-0.15, -0.1) is 0 Å². The van der Waals surface area contributed by atoms with E-state index in [2.05, 4.69) is 29.2 Å². The highest BCUT2D eigenvalue weighted by molar-refractivity contribution is 7.89. The summed E-state index contributed by atoms with van der Waals surface area (Å²) in [6, 6.07) is 10.2. The van der Waals surface area contributed by atoms with Crippen LogP contribution in [0.25, 0.3) is 6.08 Å². The van der Waals surface area contributed by atoms with Crippen LogP contribution in [0.5, 0.6) is 0 Å².